The molecule has 0 unspecified atom stereocenters. The van der Waals surface area contributed by atoms with Crippen molar-refractivity contribution in [1.29, 1.82) is 5.26 Å². The first-order chi connectivity index (χ1) is 16.9. The van der Waals surface area contributed by atoms with Crippen LogP contribution in [0.15, 0.2) is 30.5 Å². The molecule has 1 amide bonds. The van der Waals surface area contributed by atoms with E-state index in [0.717, 1.165) is 63.4 Å². The minimum absolute atomic E-state index is 0.204. The molecular weight excluding hydrogens is 456 g/mol. The van der Waals surface area contributed by atoms with E-state index in [1.165, 1.54) is 5.56 Å². The first kappa shape index (κ1) is 23.5. The van der Waals surface area contributed by atoms with E-state index >= 15 is 0 Å². The van der Waals surface area contributed by atoms with E-state index in [2.05, 4.69) is 29.9 Å². The summed E-state index contributed by atoms with van der Waals surface area (Å²) in [6.07, 6.45) is 3.63. The number of hydrogen-bond acceptors (Lipinski definition) is 6. The third-order valence-corrected chi connectivity index (χ3v) is 7.93. The molecule has 1 N–H and O–H groups in total. The van der Waals surface area contributed by atoms with Crippen LogP contribution in [0.4, 0.5) is 0 Å². The number of nitrogens with one attached hydrogen (secondary N) is 1. The van der Waals surface area contributed by atoms with Gasteiger partial charge in [0.1, 0.15) is 16.4 Å². The maximum absolute atomic E-state index is 12.4. The second kappa shape index (κ2) is 9.40. The van der Waals surface area contributed by atoms with Crippen LogP contribution in [-0.2, 0) is 4.79 Å². The maximum atomic E-state index is 12.4. The quantitative estimate of drug-likeness (QED) is 0.424. The largest absolute Gasteiger partial charge is 0.345 e. The molecule has 35 heavy (non-hydrogen) atoms. The third kappa shape index (κ3) is 4.30. The van der Waals surface area contributed by atoms with E-state index in [9.17, 15) is 10.1 Å². The standard InChI is InChI=1S/C27H30N6OS/c1-16(2)22-24(20-8-7-18(14-28)23-19(20)6-5-11-29-23)30-27-25(22)31-26(35-27)17-9-12-33(13-10-17)21(34)15-32(3)4/h5-8,11,16-17,30H,9-10,12-13,15H2,1-4H3. The second-order valence-electron chi connectivity index (χ2n) is 9.86. The van der Waals surface area contributed by atoms with Gasteiger partial charge in [-0.2, -0.15) is 5.26 Å². The predicted molar refractivity (Wildman–Crippen MR) is 141 cm³/mol. The Morgan fingerprint density at radius 3 is 2.71 bits per heavy atom. The monoisotopic (exact) mass is 486 g/mol. The summed E-state index contributed by atoms with van der Waals surface area (Å²) in [5.74, 6) is 0.865. The van der Waals surface area contributed by atoms with E-state index in [1.807, 2.05) is 48.2 Å². The molecule has 0 saturated carbocycles. The SMILES string of the molecule is CC(C)c1c(-c2ccc(C#N)c3ncccc23)[nH]c2sc(C3CCN(C(=O)CN(C)C)CC3)nc12. The molecule has 180 valence electrons. The van der Waals surface area contributed by atoms with Gasteiger partial charge in [-0.05, 0) is 45.0 Å². The highest BCUT2D eigenvalue weighted by molar-refractivity contribution is 7.18. The summed E-state index contributed by atoms with van der Waals surface area (Å²) in [5, 5.41) is 11.7. The lowest BCUT2D eigenvalue weighted by molar-refractivity contribution is -0.132. The number of aromatic nitrogens is 3. The van der Waals surface area contributed by atoms with Gasteiger partial charge in [0.2, 0.25) is 5.91 Å². The Morgan fingerprint density at radius 1 is 1.26 bits per heavy atom. The molecule has 0 atom stereocenters. The molecule has 0 aliphatic carbocycles. The number of thiazole rings is 1. The second-order valence-corrected chi connectivity index (χ2v) is 10.9. The van der Waals surface area contributed by atoms with Gasteiger partial charge in [-0.3, -0.25) is 9.78 Å². The number of nitrogens with zero attached hydrogens (tertiary/aromatic N) is 5. The molecule has 8 heteroatoms. The van der Waals surface area contributed by atoms with Crippen molar-refractivity contribution in [2.45, 2.75) is 38.5 Å². The van der Waals surface area contributed by atoms with Crippen LogP contribution in [0.3, 0.4) is 0 Å². The highest BCUT2D eigenvalue weighted by Gasteiger charge is 2.28. The number of nitriles is 1. The average Bonchev–Trinajstić information content (AvgIpc) is 3.41. The molecule has 1 aliphatic rings. The lowest BCUT2D eigenvalue weighted by atomic mass is 9.95. The molecule has 4 heterocycles. The lowest BCUT2D eigenvalue weighted by Gasteiger charge is -2.31. The zero-order valence-corrected chi connectivity index (χ0v) is 21.4. The van der Waals surface area contributed by atoms with Gasteiger partial charge in [-0.25, -0.2) is 4.98 Å². The zero-order chi connectivity index (χ0) is 24.7. The minimum Gasteiger partial charge on any atom is -0.345 e. The summed E-state index contributed by atoms with van der Waals surface area (Å²) in [6, 6.07) is 10.1. The molecule has 0 radical (unpaired) electrons. The number of amides is 1. The number of benzene rings is 1. The van der Waals surface area contributed by atoms with E-state index in [1.54, 1.807) is 17.5 Å². The van der Waals surface area contributed by atoms with Crippen LogP contribution in [0, 0.1) is 11.3 Å². The molecule has 7 nitrogen and oxygen atoms in total. The van der Waals surface area contributed by atoms with Crippen LogP contribution in [0.25, 0.3) is 32.5 Å². The minimum atomic E-state index is 0.204. The molecule has 1 aliphatic heterocycles. The molecular formula is C27H30N6OS. The molecule has 4 aromatic rings. The van der Waals surface area contributed by atoms with Gasteiger partial charge in [-0.15, -0.1) is 11.3 Å². The van der Waals surface area contributed by atoms with Crippen LogP contribution in [0.5, 0.6) is 0 Å². The van der Waals surface area contributed by atoms with E-state index in [0.29, 0.717) is 18.0 Å². The normalized spacial score (nSPS) is 14.9. The predicted octanol–water partition coefficient (Wildman–Crippen LogP) is 5.10. The highest BCUT2D eigenvalue weighted by atomic mass is 32.1. The van der Waals surface area contributed by atoms with Crippen molar-refractivity contribution in [2.24, 2.45) is 0 Å². The number of H-pyrrole nitrogens is 1. The summed E-state index contributed by atoms with van der Waals surface area (Å²) >= 11 is 1.74. The summed E-state index contributed by atoms with van der Waals surface area (Å²) in [5.41, 5.74) is 5.67. The molecule has 0 spiro atoms. The lowest BCUT2D eigenvalue weighted by Crippen LogP contribution is -2.42. The Morgan fingerprint density at radius 2 is 2.03 bits per heavy atom. The van der Waals surface area contributed by atoms with Gasteiger partial charge in [-0.1, -0.05) is 26.0 Å². The van der Waals surface area contributed by atoms with E-state index < -0.39 is 0 Å². The van der Waals surface area contributed by atoms with Crippen LogP contribution >= 0.6 is 11.3 Å². The van der Waals surface area contributed by atoms with Gasteiger partial charge in [0, 0.05) is 41.7 Å². The van der Waals surface area contributed by atoms with E-state index in [-0.39, 0.29) is 11.8 Å². The topological polar surface area (TPSA) is 88.9 Å². The van der Waals surface area contributed by atoms with Crippen molar-refractivity contribution < 1.29 is 4.79 Å². The number of likely N-dealkylation sites (N-methyl/N-ethyl adjacent to an activating group) is 1. The fourth-order valence-corrected chi connectivity index (χ4v) is 6.23. The summed E-state index contributed by atoms with van der Waals surface area (Å²) in [4.78, 5) is 30.7. The fraction of sp³-hybridized carbons (Fsp3) is 0.407. The number of hydrogen-bond donors (Lipinski definition) is 1. The Balaban J connectivity index is 1.48. The van der Waals surface area contributed by atoms with Gasteiger partial charge in [0.15, 0.2) is 0 Å². The van der Waals surface area contributed by atoms with Gasteiger partial charge >= 0.3 is 0 Å². The number of rotatable bonds is 5. The number of carbonyl (C=O) groups excluding carboxylic acids is 1. The Bertz CT molecular complexity index is 1440. The summed E-state index contributed by atoms with van der Waals surface area (Å²) in [6.45, 7) is 6.44. The fourth-order valence-electron chi connectivity index (χ4n) is 5.08. The van der Waals surface area contributed by atoms with E-state index in [4.69, 9.17) is 4.98 Å². The van der Waals surface area contributed by atoms with Crippen molar-refractivity contribution in [3.05, 3.63) is 46.6 Å². The van der Waals surface area contributed by atoms with Gasteiger partial charge in [0.25, 0.3) is 0 Å². The molecule has 1 saturated heterocycles. The summed E-state index contributed by atoms with van der Waals surface area (Å²) < 4.78 is 0. The van der Waals surface area contributed by atoms with Crippen LogP contribution in [-0.4, -0.2) is 64.4 Å². The molecule has 5 rings (SSSR count). The third-order valence-electron chi connectivity index (χ3n) is 6.79. The van der Waals surface area contributed by atoms with Crippen molar-refractivity contribution >= 4 is 38.5 Å². The van der Waals surface area contributed by atoms with Gasteiger partial charge < -0.3 is 14.8 Å². The number of fused-ring (bicyclic) bond motifs is 2. The first-order valence-corrected chi connectivity index (χ1v) is 12.9. The molecule has 1 aromatic carbocycles. The van der Waals surface area contributed by atoms with Crippen molar-refractivity contribution in [1.82, 2.24) is 24.8 Å². The summed E-state index contributed by atoms with van der Waals surface area (Å²) in [7, 11) is 3.86. The number of likely N-dealkylation sites (tertiary alicyclic amines) is 1. The number of piperidine rings is 1. The van der Waals surface area contributed by atoms with Crippen molar-refractivity contribution in [2.75, 3.05) is 33.7 Å². The highest BCUT2D eigenvalue weighted by Crippen LogP contribution is 2.42. The van der Waals surface area contributed by atoms with Crippen molar-refractivity contribution in [3.63, 3.8) is 0 Å². The number of pyridine rings is 1. The molecule has 1 fully saturated rings. The van der Waals surface area contributed by atoms with Crippen molar-refractivity contribution in [3.8, 4) is 17.3 Å². The number of aromatic amines is 1. The molecule has 0 bridgehead atoms. The Labute approximate surface area is 209 Å². The smallest absolute Gasteiger partial charge is 0.236 e. The molecule has 3 aromatic heterocycles. The van der Waals surface area contributed by atoms with Crippen LogP contribution in [0.1, 0.15) is 54.7 Å². The first-order valence-electron chi connectivity index (χ1n) is 12.1. The Kier molecular flexibility index (Phi) is 6.30. The zero-order valence-electron chi connectivity index (χ0n) is 20.6. The van der Waals surface area contributed by atoms with Crippen LogP contribution < -0.4 is 0 Å². The van der Waals surface area contributed by atoms with Crippen LogP contribution in [0.2, 0.25) is 0 Å². The Hall–Kier alpha value is -3.28. The maximum Gasteiger partial charge on any atom is 0.236 e. The average molecular weight is 487 g/mol. The van der Waals surface area contributed by atoms with Gasteiger partial charge in [0.05, 0.1) is 28.3 Å². The number of carbonyl (C=O) groups is 1.